The van der Waals surface area contributed by atoms with Gasteiger partial charge in [0.15, 0.2) is 0 Å². The summed E-state index contributed by atoms with van der Waals surface area (Å²) in [5.74, 6) is 0.661. The van der Waals surface area contributed by atoms with Gasteiger partial charge in [-0.15, -0.1) is 0 Å². The molecule has 8 heteroatoms. The number of halogens is 1. The molecule has 1 saturated heterocycles. The fourth-order valence-corrected chi connectivity index (χ4v) is 4.32. The summed E-state index contributed by atoms with van der Waals surface area (Å²) in [7, 11) is 1.61. The average Bonchev–Trinajstić information content (AvgIpc) is 2.77. The Kier molecular flexibility index (Phi) is 6.76. The fraction of sp³-hybridized carbons (Fsp3) is 0.409. The summed E-state index contributed by atoms with van der Waals surface area (Å²) in [4.78, 5) is 23.5. The quantitative estimate of drug-likeness (QED) is 0.571. The van der Waals surface area contributed by atoms with Crippen molar-refractivity contribution in [3.05, 3.63) is 63.2 Å². The molecule has 3 aromatic rings. The predicted octanol–water partition coefficient (Wildman–Crippen LogP) is 2.82. The molecule has 0 radical (unpaired) electrons. The zero-order valence-electron chi connectivity index (χ0n) is 17.1. The molecule has 158 valence electrons. The Morgan fingerprint density at radius 1 is 1.17 bits per heavy atom. The number of hydrogen-bond donors (Lipinski definition) is 1. The molecule has 1 aliphatic heterocycles. The second-order valence-corrected chi connectivity index (χ2v) is 8.53. The number of aromatic nitrogens is 3. The van der Waals surface area contributed by atoms with E-state index in [2.05, 4.69) is 42.2 Å². The molecule has 0 bridgehead atoms. The molecule has 3 aromatic heterocycles. The standard InChI is InChI=1S/C22H26BrN5O2/c1-30-19-11-21-20(26-15-19)2-3-22(29)28(21)9-8-27-6-4-18(5-7-27)25-13-16-10-17(23)14-24-12-16/h2-3,10-12,14-15,18,25H,4-9,13H2,1H3. The van der Waals surface area contributed by atoms with E-state index >= 15 is 0 Å². The van der Waals surface area contributed by atoms with Crippen LogP contribution in [0.3, 0.4) is 0 Å². The molecule has 4 heterocycles. The molecule has 0 amide bonds. The molecule has 0 aromatic carbocycles. The van der Waals surface area contributed by atoms with E-state index in [-0.39, 0.29) is 5.56 Å². The fourth-order valence-electron chi connectivity index (χ4n) is 3.91. The number of likely N-dealkylation sites (tertiary alicyclic amines) is 1. The number of rotatable bonds is 7. The van der Waals surface area contributed by atoms with Crippen LogP contribution < -0.4 is 15.6 Å². The van der Waals surface area contributed by atoms with Gasteiger partial charge in [-0.3, -0.25) is 14.8 Å². The molecule has 0 unspecified atom stereocenters. The largest absolute Gasteiger partial charge is 0.495 e. The number of pyridine rings is 3. The molecular weight excluding hydrogens is 446 g/mol. The first kappa shape index (κ1) is 21.0. The lowest BCUT2D eigenvalue weighted by Crippen LogP contribution is -2.43. The Hall–Kier alpha value is -2.29. The van der Waals surface area contributed by atoms with Gasteiger partial charge in [0.25, 0.3) is 5.56 Å². The first-order valence-electron chi connectivity index (χ1n) is 10.2. The van der Waals surface area contributed by atoms with Crippen molar-refractivity contribution in [2.75, 3.05) is 26.7 Å². The van der Waals surface area contributed by atoms with Gasteiger partial charge in [0, 0.05) is 54.7 Å². The van der Waals surface area contributed by atoms with E-state index in [1.807, 2.05) is 12.3 Å². The topological polar surface area (TPSA) is 72.3 Å². The molecule has 0 atom stereocenters. The minimum atomic E-state index is -0.00302. The monoisotopic (exact) mass is 471 g/mol. The van der Waals surface area contributed by atoms with Crippen molar-refractivity contribution in [3.8, 4) is 5.75 Å². The van der Waals surface area contributed by atoms with E-state index in [1.54, 1.807) is 36.2 Å². The molecule has 0 saturated carbocycles. The van der Waals surface area contributed by atoms with Gasteiger partial charge >= 0.3 is 0 Å². The number of hydrogen-bond acceptors (Lipinski definition) is 6. The maximum absolute atomic E-state index is 12.5. The van der Waals surface area contributed by atoms with Gasteiger partial charge in [-0.25, -0.2) is 0 Å². The summed E-state index contributed by atoms with van der Waals surface area (Å²) in [6.45, 7) is 4.37. The van der Waals surface area contributed by atoms with E-state index in [1.165, 1.54) is 5.56 Å². The van der Waals surface area contributed by atoms with Crippen LogP contribution in [0.5, 0.6) is 5.75 Å². The number of nitrogens with zero attached hydrogens (tertiary/aromatic N) is 4. The first-order valence-corrected chi connectivity index (χ1v) is 11.0. The third kappa shape index (κ3) is 5.06. The summed E-state index contributed by atoms with van der Waals surface area (Å²) < 4.78 is 8.09. The maximum atomic E-state index is 12.5. The third-order valence-electron chi connectivity index (χ3n) is 5.63. The molecule has 0 aliphatic carbocycles. The number of methoxy groups -OCH3 is 1. The van der Waals surface area contributed by atoms with Crippen molar-refractivity contribution < 1.29 is 4.74 Å². The van der Waals surface area contributed by atoms with Gasteiger partial charge in [0.05, 0.1) is 24.3 Å². The summed E-state index contributed by atoms with van der Waals surface area (Å²) >= 11 is 3.47. The molecule has 1 N–H and O–H groups in total. The highest BCUT2D eigenvalue weighted by molar-refractivity contribution is 9.10. The van der Waals surface area contributed by atoms with Crippen LogP contribution >= 0.6 is 15.9 Å². The second kappa shape index (κ2) is 9.68. The number of fused-ring (bicyclic) bond motifs is 1. The Morgan fingerprint density at radius 3 is 2.77 bits per heavy atom. The Morgan fingerprint density at radius 2 is 2.00 bits per heavy atom. The van der Waals surface area contributed by atoms with Gasteiger partial charge < -0.3 is 19.5 Å². The summed E-state index contributed by atoms with van der Waals surface area (Å²) in [5, 5.41) is 3.64. The zero-order chi connectivity index (χ0) is 20.9. The number of nitrogens with one attached hydrogen (secondary N) is 1. The van der Waals surface area contributed by atoms with Gasteiger partial charge in [-0.05, 0) is 59.6 Å². The van der Waals surface area contributed by atoms with Crippen molar-refractivity contribution in [1.82, 2.24) is 24.8 Å². The molecule has 4 rings (SSSR count). The number of piperidine rings is 1. The van der Waals surface area contributed by atoms with Gasteiger partial charge in [-0.2, -0.15) is 0 Å². The highest BCUT2D eigenvalue weighted by atomic mass is 79.9. The lowest BCUT2D eigenvalue weighted by Gasteiger charge is -2.32. The van der Waals surface area contributed by atoms with Crippen LogP contribution in [0.25, 0.3) is 11.0 Å². The third-order valence-corrected chi connectivity index (χ3v) is 6.07. The van der Waals surface area contributed by atoms with Gasteiger partial charge in [0.1, 0.15) is 5.75 Å². The molecule has 7 nitrogen and oxygen atoms in total. The Bertz CT molecular complexity index is 1060. The minimum absolute atomic E-state index is 0.00302. The van der Waals surface area contributed by atoms with Crippen LogP contribution in [0.4, 0.5) is 0 Å². The summed E-state index contributed by atoms with van der Waals surface area (Å²) in [5.41, 5.74) is 2.81. The maximum Gasteiger partial charge on any atom is 0.251 e. The van der Waals surface area contributed by atoms with E-state index in [9.17, 15) is 4.79 Å². The van der Waals surface area contributed by atoms with Crippen LogP contribution in [0.15, 0.2) is 52.1 Å². The van der Waals surface area contributed by atoms with Crippen molar-refractivity contribution in [1.29, 1.82) is 0 Å². The zero-order valence-corrected chi connectivity index (χ0v) is 18.6. The smallest absolute Gasteiger partial charge is 0.251 e. The van der Waals surface area contributed by atoms with Gasteiger partial charge in [0.2, 0.25) is 0 Å². The van der Waals surface area contributed by atoms with Crippen molar-refractivity contribution in [3.63, 3.8) is 0 Å². The van der Waals surface area contributed by atoms with Crippen LogP contribution in [-0.2, 0) is 13.1 Å². The van der Waals surface area contributed by atoms with Crippen molar-refractivity contribution >= 4 is 27.0 Å². The van der Waals surface area contributed by atoms with E-state index in [4.69, 9.17) is 4.74 Å². The normalized spacial score (nSPS) is 15.5. The lowest BCUT2D eigenvalue weighted by molar-refractivity contribution is 0.191. The van der Waals surface area contributed by atoms with E-state index in [0.29, 0.717) is 18.3 Å². The molecular formula is C22H26BrN5O2. The molecule has 1 fully saturated rings. The summed E-state index contributed by atoms with van der Waals surface area (Å²) in [6.07, 6.45) is 7.58. The van der Waals surface area contributed by atoms with Crippen LogP contribution in [0.2, 0.25) is 0 Å². The molecule has 30 heavy (non-hydrogen) atoms. The van der Waals surface area contributed by atoms with Crippen LogP contribution in [0.1, 0.15) is 18.4 Å². The molecule has 1 aliphatic rings. The predicted molar refractivity (Wildman–Crippen MR) is 121 cm³/mol. The SMILES string of the molecule is COc1cnc2ccc(=O)n(CCN3CCC(NCc4cncc(Br)c4)CC3)c2c1. The average molecular weight is 472 g/mol. The lowest BCUT2D eigenvalue weighted by atomic mass is 10.0. The van der Waals surface area contributed by atoms with Crippen LogP contribution in [-0.4, -0.2) is 52.2 Å². The van der Waals surface area contributed by atoms with E-state index < -0.39 is 0 Å². The molecule has 0 spiro atoms. The minimum Gasteiger partial charge on any atom is -0.495 e. The highest BCUT2D eigenvalue weighted by Crippen LogP contribution is 2.17. The first-order chi connectivity index (χ1) is 14.6. The highest BCUT2D eigenvalue weighted by Gasteiger charge is 2.19. The van der Waals surface area contributed by atoms with Gasteiger partial charge in [-0.1, -0.05) is 0 Å². The van der Waals surface area contributed by atoms with Crippen molar-refractivity contribution in [2.45, 2.75) is 32.0 Å². The van der Waals surface area contributed by atoms with Crippen LogP contribution in [0, 0.1) is 0 Å². The van der Waals surface area contributed by atoms with E-state index in [0.717, 1.165) is 54.5 Å². The summed E-state index contributed by atoms with van der Waals surface area (Å²) in [6, 6.07) is 7.85. The second-order valence-electron chi connectivity index (χ2n) is 7.61. The Labute approximate surface area is 184 Å². The van der Waals surface area contributed by atoms with Crippen molar-refractivity contribution in [2.24, 2.45) is 0 Å². The Balaban J connectivity index is 1.32. The number of ether oxygens (including phenoxy) is 1.